The Labute approximate surface area is 94.4 Å². The van der Waals surface area contributed by atoms with Gasteiger partial charge in [0.25, 0.3) is 5.82 Å². The zero-order valence-corrected chi connectivity index (χ0v) is 8.21. The maximum Gasteiger partial charge on any atom is 0.453 e. The molecule has 0 spiro atoms. The van der Waals surface area contributed by atoms with Crippen LogP contribution in [0.15, 0.2) is 12.3 Å². The Hall–Kier alpha value is -2.00. The summed E-state index contributed by atoms with van der Waals surface area (Å²) in [5, 5.41) is 9.14. The molecule has 0 aromatic carbocycles. The third kappa shape index (κ3) is 1.93. The first-order valence-corrected chi connectivity index (χ1v) is 4.33. The number of rotatable bonds is 0. The van der Waals surface area contributed by atoms with Gasteiger partial charge in [-0.15, -0.1) is 0 Å². The molecule has 0 saturated carbocycles. The lowest BCUT2D eigenvalue weighted by molar-refractivity contribution is -0.153. The Balaban J connectivity index is 2.68. The highest BCUT2D eigenvalue weighted by molar-refractivity contribution is 5.72. The average molecular weight is 271 g/mol. The highest BCUT2D eigenvalue weighted by Gasteiger charge is 2.39. The average Bonchev–Trinajstić information content (AvgIpc) is 2.54. The van der Waals surface area contributed by atoms with Gasteiger partial charge in [-0.1, -0.05) is 0 Å². The van der Waals surface area contributed by atoms with Gasteiger partial charge in [-0.2, -0.15) is 31.1 Å². The van der Waals surface area contributed by atoms with Gasteiger partial charge < -0.3 is 5.21 Å². The van der Waals surface area contributed by atoms with Crippen LogP contribution in [0.5, 0.6) is 0 Å². The predicted octanol–water partition coefficient (Wildman–Crippen LogP) is 2.71. The van der Waals surface area contributed by atoms with E-state index in [9.17, 15) is 26.3 Å². The molecule has 2 aromatic rings. The maximum absolute atomic E-state index is 12.3. The molecule has 0 amide bonds. The van der Waals surface area contributed by atoms with Gasteiger partial charge in [0, 0.05) is 6.20 Å². The standard InChI is InChI=1S/C8H3F6N3O/c9-7(10,11)3-1-4-5(15-2-3)16-6(17(4)18)8(12,13)14/h1-2,18H. The quantitative estimate of drug-likeness (QED) is 0.592. The molecule has 0 aliphatic heterocycles. The number of imidazole rings is 1. The fourth-order valence-corrected chi connectivity index (χ4v) is 1.29. The van der Waals surface area contributed by atoms with Crippen LogP contribution in [-0.4, -0.2) is 19.9 Å². The van der Waals surface area contributed by atoms with Crippen molar-refractivity contribution in [2.75, 3.05) is 0 Å². The molecule has 2 rings (SSSR count). The minimum atomic E-state index is -4.99. The number of aromatic nitrogens is 3. The summed E-state index contributed by atoms with van der Waals surface area (Å²) in [6.07, 6.45) is -9.42. The lowest BCUT2D eigenvalue weighted by Gasteiger charge is -2.06. The van der Waals surface area contributed by atoms with Crippen molar-refractivity contribution in [2.45, 2.75) is 12.4 Å². The van der Waals surface area contributed by atoms with Crippen LogP contribution in [0.25, 0.3) is 11.2 Å². The molecule has 0 fully saturated rings. The summed E-state index contributed by atoms with van der Waals surface area (Å²) in [6, 6.07) is 0.338. The Morgan fingerprint density at radius 3 is 2.17 bits per heavy atom. The van der Waals surface area contributed by atoms with Gasteiger partial charge in [-0.25, -0.2) is 9.97 Å². The van der Waals surface area contributed by atoms with E-state index < -0.39 is 39.6 Å². The fourth-order valence-electron chi connectivity index (χ4n) is 1.29. The molecule has 0 aliphatic rings. The van der Waals surface area contributed by atoms with Gasteiger partial charge in [-0.05, 0) is 6.07 Å². The van der Waals surface area contributed by atoms with Gasteiger partial charge >= 0.3 is 12.4 Å². The van der Waals surface area contributed by atoms with Crippen LogP contribution in [0.3, 0.4) is 0 Å². The first-order valence-electron chi connectivity index (χ1n) is 4.33. The van der Waals surface area contributed by atoms with Crippen LogP contribution in [0.4, 0.5) is 26.3 Å². The number of fused-ring (bicyclic) bond motifs is 1. The summed E-state index contributed by atoms with van der Waals surface area (Å²) in [5.74, 6) is -1.73. The molecule has 1 N–H and O–H groups in total. The molecule has 0 radical (unpaired) electrons. The second kappa shape index (κ2) is 3.50. The van der Waals surface area contributed by atoms with Crippen molar-refractivity contribution in [1.82, 2.24) is 14.7 Å². The number of halogens is 6. The number of nitrogens with zero attached hydrogens (tertiary/aromatic N) is 3. The van der Waals surface area contributed by atoms with Gasteiger partial charge in [0.1, 0.15) is 5.52 Å². The summed E-state index contributed by atoms with van der Waals surface area (Å²) in [4.78, 5) is 6.05. The van der Waals surface area contributed by atoms with Gasteiger partial charge in [0.2, 0.25) is 0 Å². The van der Waals surface area contributed by atoms with E-state index in [1.807, 2.05) is 0 Å². The molecule has 0 unspecified atom stereocenters. The zero-order chi connectivity index (χ0) is 13.7. The van der Waals surface area contributed by atoms with E-state index in [4.69, 9.17) is 5.21 Å². The van der Waals surface area contributed by atoms with Crippen LogP contribution in [0, 0.1) is 0 Å². The number of alkyl halides is 6. The topological polar surface area (TPSA) is 50.9 Å². The largest absolute Gasteiger partial charge is 0.453 e. The van der Waals surface area contributed by atoms with Crippen LogP contribution < -0.4 is 0 Å². The van der Waals surface area contributed by atoms with Gasteiger partial charge in [0.15, 0.2) is 5.65 Å². The van der Waals surface area contributed by atoms with Crippen LogP contribution in [0.1, 0.15) is 11.4 Å². The van der Waals surface area contributed by atoms with Crippen molar-refractivity contribution < 1.29 is 31.5 Å². The van der Waals surface area contributed by atoms with Crippen molar-refractivity contribution in [2.24, 2.45) is 0 Å². The molecule has 0 saturated heterocycles. The minimum Gasteiger partial charge on any atom is -0.426 e. The van der Waals surface area contributed by atoms with Gasteiger partial charge in [-0.3, -0.25) is 0 Å². The van der Waals surface area contributed by atoms with E-state index in [1.165, 1.54) is 0 Å². The molecular weight excluding hydrogens is 268 g/mol. The highest BCUT2D eigenvalue weighted by Crippen LogP contribution is 2.33. The summed E-state index contributed by atoms with van der Waals surface area (Å²) >= 11 is 0. The summed E-state index contributed by atoms with van der Waals surface area (Å²) < 4.78 is 73.5. The number of pyridine rings is 1. The first kappa shape index (κ1) is 12.5. The van der Waals surface area contributed by atoms with Crippen molar-refractivity contribution >= 4 is 11.2 Å². The number of hydrogen-bond acceptors (Lipinski definition) is 3. The first-order chi connectivity index (χ1) is 8.10. The smallest absolute Gasteiger partial charge is 0.426 e. The fraction of sp³-hybridized carbons (Fsp3) is 0.250. The third-order valence-electron chi connectivity index (χ3n) is 2.07. The van der Waals surface area contributed by atoms with Crippen LogP contribution in [-0.2, 0) is 12.4 Å². The molecule has 2 aromatic heterocycles. The molecule has 4 nitrogen and oxygen atoms in total. The summed E-state index contributed by atoms with van der Waals surface area (Å²) in [6.45, 7) is 0. The van der Waals surface area contributed by atoms with E-state index in [0.717, 1.165) is 0 Å². The second-order valence-electron chi connectivity index (χ2n) is 3.31. The maximum atomic E-state index is 12.3. The molecule has 0 aliphatic carbocycles. The Morgan fingerprint density at radius 2 is 1.67 bits per heavy atom. The van der Waals surface area contributed by atoms with Crippen LogP contribution >= 0.6 is 0 Å². The Morgan fingerprint density at radius 1 is 1.06 bits per heavy atom. The molecule has 0 bridgehead atoms. The molecule has 10 heteroatoms. The summed E-state index contributed by atoms with van der Waals surface area (Å²) in [7, 11) is 0. The molecular formula is C8H3F6N3O. The van der Waals surface area contributed by atoms with Crippen LogP contribution in [0.2, 0.25) is 0 Å². The number of hydrogen-bond donors (Lipinski definition) is 1. The van der Waals surface area contributed by atoms with E-state index in [2.05, 4.69) is 9.97 Å². The molecule has 0 atom stereocenters. The molecule has 2 heterocycles. The highest BCUT2D eigenvalue weighted by atomic mass is 19.4. The van der Waals surface area contributed by atoms with E-state index in [1.54, 1.807) is 0 Å². The van der Waals surface area contributed by atoms with Crippen molar-refractivity contribution in [3.8, 4) is 0 Å². The van der Waals surface area contributed by atoms with Gasteiger partial charge in [0.05, 0.1) is 5.56 Å². The Bertz CT molecular complexity index is 599. The monoisotopic (exact) mass is 271 g/mol. The summed E-state index contributed by atoms with van der Waals surface area (Å²) in [5.41, 5.74) is -2.67. The van der Waals surface area contributed by atoms with E-state index in [-0.39, 0.29) is 0 Å². The van der Waals surface area contributed by atoms with Crippen molar-refractivity contribution in [1.29, 1.82) is 0 Å². The second-order valence-corrected chi connectivity index (χ2v) is 3.31. The third-order valence-corrected chi connectivity index (χ3v) is 2.07. The lowest BCUT2D eigenvalue weighted by Crippen LogP contribution is -2.13. The minimum absolute atomic E-state index is 0.338. The predicted molar refractivity (Wildman–Crippen MR) is 44.7 cm³/mol. The van der Waals surface area contributed by atoms with E-state index >= 15 is 0 Å². The normalized spacial score (nSPS) is 13.2. The van der Waals surface area contributed by atoms with Crippen molar-refractivity contribution in [3.63, 3.8) is 0 Å². The molecule has 18 heavy (non-hydrogen) atoms. The Kier molecular flexibility index (Phi) is 2.42. The van der Waals surface area contributed by atoms with Crippen molar-refractivity contribution in [3.05, 3.63) is 23.7 Å². The SMILES string of the molecule is On1c(C(F)(F)F)nc2ncc(C(F)(F)F)cc21. The lowest BCUT2D eigenvalue weighted by atomic mass is 10.2. The molecule has 98 valence electrons. The van der Waals surface area contributed by atoms with E-state index in [0.29, 0.717) is 12.3 Å². The zero-order valence-electron chi connectivity index (χ0n) is 8.21.